The van der Waals surface area contributed by atoms with E-state index in [2.05, 4.69) is 0 Å². The number of hydrogen-bond acceptors (Lipinski definition) is 3. The van der Waals surface area contributed by atoms with Gasteiger partial charge in [-0.05, 0) is 50.3 Å². The summed E-state index contributed by atoms with van der Waals surface area (Å²) < 4.78 is 35.8. The second-order valence-corrected chi connectivity index (χ2v) is 8.76. The summed E-state index contributed by atoms with van der Waals surface area (Å²) in [5.74, 6) is -3.26. The molecular formula is C26H22ClF2NO4. The number of benzene rings is 2. The zero-order valence-electron chi connectivity index (χ0n) is 18.5. The number of carboxylic acid groups (broad SMARTS) is 1. The number of ether oxygens (including phenoxy) is 1. The molecule has 0 aliphatic heterocycles. The van der Waals surface area contributed by atoms with Crippen LogP contribution in [0.2, 0.25) is 0 Å². The highest BCUT2D eigenvalue weighted by Crippen LogP contribution is 2.41. The van der Waals surface area contributed by atoms with Crippen molar-refractivity contribution < 1.29 is 28.5 Å². The molecule has 0 spiro atoms. The van der Waals surface area contributed by atoms with Crippen LogP contribution in [0.3, 0.4) is 0 Å². The van der Waals surface area contributed by atoms with Gasteiger partial charge in [0.15, 0.2) is 11.6 Å². The minimum absolute atomic E-state index is 0.0646. The smallest absolute Gasteiger partial charge is 0.335 e. The Kier molecular flexibility index (Phi) is 6.34. The molecule has 1 aliphatic rings. The molecule has 0 fully saturated rings. The van der Waals surface area contributed by atoms with E-state index >= 15 is 0 Å². The normalized spacial score (nSPS) is 17.9. The number of halogens is 3. The molecule has 0 amide bonds. The van der Waals surface area contributed by atoms with Gasteiger partial charge in [0.05, 0.1) is 29.2 Å². The largest absolute Gasteiger partial charge is 0.508 e. The van der Waals surface area contributed by atoms with Crippen molar-refractivity contribution in [1.82, 2.24) is 4.57 Å². The number of aromatic carboxylic acids is 1. The van der Waals surface area contributed by atoms with Gasteiger partial charge < -0.3 is 19.5 Å². The van der Waals surface area contributed by atoms with Gasteiger partial charge in [0.1, 0.15) is 5.75 Å². The summed E-state index contributed by atoms with van der Waals surface area (Å²) >= 11 is 6.34. The monoisotopic (exact) mass is 485 g/mol. The third-order valence-corrected chi connectivity index (χ3v) is 6.14. The molecule has 2 N–H and O–H groups in total. The molecule has 176 valence electrons. The molecule has 1 unspecified atom stereocenters. The Morgan fingerprint density at radius 1 is 1.21 bits per heavy atom. The molecule has 0 bridgehead atoms. The van der Waals surface area contributed by atoms with Crippen molar-refractivity contribution >= 4 is 23.1 Å². The summed E-state index contributed by atoms with van der Waals surface area (Å²) in [4.78, 5) is 11.5. The number of rotatable bonds is 6. The molecule has 1 atom stereocenters. The van der Waals surface area contributed by atoms with Gasteiger partial charge in [0, 0.05) is 34.3 Å². The lowest BCUT2D eigenvalue weighted by Crippen LogP contribution is -2.32. The molecule has 8 heteroatoms. The van der Waals surface area contributed by atoms with E-state index in [-0.39, 0.29) is 23.5 Å². The molecule has 1 aromatic heterocycles. The van der Waals surface area contributed by atoms with Crippen LogP contribution < -0.4 is 0 Å². The highest BCUT2D eigenvalue weighted by atomic mass is 35.5. The predicted octanol–water partition coefficient (Wildman–Crippen LogP) is 6.35. The van der Waals surface area contributed by atoms with Crippen LogP contribution in [-0.4, -0.2) is 26.4 Å². The first-order valence-corrected chi connectivity index (χ1v) is 10.9. The Bertz CT molecular complexity index is 1340. The van der Waals surface area contributed by atoms with Crippen molar-refractivity contribution in [3.63, 3.8) is 0 Å². The van der Waals surface area contributed by atoms with Crippen LogP contribution in [0.25, 0.3) is 11.3 Å². The first-order chi connectivity index (χ1) is 16.1. The zero-order valence-corrected chi connectivity index (χ0v) is 19.2. The minimum Gasteiger partial charge on any atom is -0.508 e. The zero-order chi connectivity index (χ0) is 24.6. The number of allylic oxidation sites excluding steroid dienone is 2. The lowest BCUT2D eigenvalue weighted by molar-refractivity contribution is 0.000810. The molecule has 34 heavy (non-hydrogen) atoms. The quantitative estimate of drug-likeness (QED) is 0.426. The number of phenols is 1. The van der Waals surface area contributed by atoms with E-state index in [4.69, 9.17) is 16.3 Å². The Morgan fingerprint density at radius 2 is 1.97 bits per heavy atom. The van der Waals surface area contributed by atoms with E-state index in [0.29, 0.717) is 28.4 Å². The third kappa shape index (κ3) is 4.49. The average molecular weight is 486 g/mol. The maximum absolute atomic E-state index is 14.2. The van der Waals surface area contributed by atoms with Crippen LogP contribution in [0.5, 0.6) is 5.75 Å². The molecule has 1 aliphatic carbocycles. The molecule has 1 heterocycles. The van der Waals surface area contributed by atoms with Gasteiger partial charge in [-0.2, -0.15) is 0 Å². The van der Waals surface area contributed by atoms with Crippen LogP contribution in [0.4, 0.5) is 8.78 Å². The molecule has 3 aromatic rings. The van der Waals surface area contributed by atoms with Gasteiger partial charge in [-0.1, -0.05) is 29.8 Å². The van der Waals surface area contributed by atoms with Crippen molar-refractivity contribution in [2.24, 2.45) is 0 Å². The van der Waals surface area contributed by atoms with Crippen molar-refractivity contribution in [3.8, 4) is 11.4 Å². The summed E-state index contributed by atoms with van der Waals surface area (Å²) in [6, 6.07) is 11.7. The molecule has 2 aromatic carbocycles. The van der Waals surface area contributed by atoms with Crippen LogP contribution in [0.1, 0.15) is 40.7 Å². The van der Waals surface area contributed by atoms with Crippen molar-refractivity contribution in [2.45, 2.75) is 32.5 Å². The van der Waals surface area contributed by atoms with E-state index < -0.39 is 23.2 Å². The lowest BCUT2D eigenvalue weighted by Gasteiger charge is -2.35. The molecule has 5 nitrogen and oxygen atoms in total. The second kappa shape index (κ2) is 9.08. The fourth-order valence-electron chi connectivity index (χ4n) is 4.07. The summed E-state index contributed by atoms with van der Waals surface area (Å²) in [5.41, 5.74) is 1.63. The first kappa shape index (κ1) is 23.7. The standard InChI is InChI=1S/C26H22ClF2NO4/c1-15-6-7-23(30(15)19-10-17(25(32)33)11-20(31)13-19)21-12-18(27)8-9-26(21,2)34-14-16-4-3-5-22(28)24(16)29/h3-8,10-13,31H,9,14H2,1-2H3,(H,32,33). The molecule has 0 radical (unpaired) electrons. The Labute approximate surface area is 200 Å². The van der Waals surface area contributed by atoms with Crippen molar-refractivity contribution in [1.29, 1.82) is 0 Å². The van der Waals surface area contributed by atoms with Crippen LogP contribution in [0, 0.1) is 18.6 Å². The van der Waals surface area contributed by atoms with Crippen LogP contribution in [0.15, 0.2) is 65.7 Å². The van der Waals surface area contributed by atoms with E-state index in [1.54, 1.807) is 16.7 Å². The topological polar surface area (TPSA) is 71.7 Å². The molecule has 4 rings (SSSR count). The number of aromatic nitrogens is 1. The Balaban J connectivity index is 1.77. The third-order valence-electron chi connectivity index (χ3n) is 5.88. The SMILES string of the molecule is Cc1ccc(C2=CC(Cl)=CCC2(C)OCc2cccc(F)c2F)n1-c1cc(O)cc(C(=O)O)c1. The highest BCUT2D eigenvalue weighted by Gasteiger charge is 2.35. The second-order valence-electron chi connectivity index (χ2n) is 8.32. The molecule has 0 saturated carbocycles. The van der Waals surface area contributed by atoms with Crippen molar-refractivity contribution in [3.05, 3.63) is 99.9 Å². The van der Waals surface area contributed by atoms with Gasteiger partial charge in [-0.3, -0.25) is 0 Å². The minimum atomic E-state index is -1.17. The predicted molar refractivity (Wildman–Crippen MR) is 125 cm³/mol. The van der Waals surface area contributed by atoms with Gasteiger partial charge >= 0.3 is 5.97 Å². The van der Waals surface area contributed by atoms with Crippen LogP contribution in [-0.2, 0) is 11.3 Å². The average Bonchev–Trinajstić information content (AvgIpc) is 3.17. The maximum Gasteiger partial charge on any atom is 0.335 e. The summed E-state index contributed by atoms with van der Waals surface area (Å²) in [6.45, 7) is 3.50. The number of carbonyl (C=O) groups is 1. The number of hydrogen-bond donors (Lipinski definition) is 2. The number of nitrogens with zero attached hydrogens (tertiary/aromatic N) is 1. The van der Waals surface area contributed by atoms with Gasteiger partial charge in [0.25, 0.3) is 0 Å². The van der Waals surface area contributed by atoms with Gasteiger partial charge in [-0.15, -0.1) is 0 Å². The van der Waals surface area contributed by atoms with Gasteiger partial charge in [-0.25, -0.2) is 13.6 Å². The maximum atomic E-state index is 14.2. The molecular weight excluding hydrogens is 464 g/mol. The van der Waals surface area contributed by atoms with Gasteiger partial charge in [0.2, 0.25) is 0 Å². The fraction of sp³-hybridized carbons (Fsp3) is 0.192. The molecule has 0 saturated heterocycles. The number of aromatic hydroxyl groups is 1. The summed E-state index contributed by atoms with van der Waals surface area (Å²) in [6.07, 6.45) is 3.89. The van der Waals surface area contributed by atoms with E-state index in [0.717, 1.165) is 11.8 Å². The summed E-state index contributed by atoms with van der Waals surface area (Å²) in [5, 5.41) is 20.0. The number of carboxylic acids is 1. The van der Waals surface area contributed by atoms with Crippen LogP contribution >= 0.6 is 11.6 Å². The van der Waals surface area contributed by atoms with E-state index in [9.17, 15) is 23.8 Å². The van der Waals surface area contributed by atoms with E-state index in [1.807, 2.05) is 26.0 Å². The number of phenolic OH excluding ortho intramolecular Hbond substituents is 1. The Hall–Kier alpha value is -3.42. The highest BCUT2D eigenvalue weighted by molar-refractivity contribution is 6.32. The number of aryl methyl sites for hydroxylation is 1. The lowest BCUT2D eigenvalue weighted by atomic mass is 9.85. The first-order valence-electron chi connectivity index (χ1n) is 10.5. The summed E-state index contributed by atoms with van der Waals surface area (Å²) in [7, 11) is 0. The fourth-order valence-corrected chi connectivity index (χ4v) is 4.26. The van der Waals surface area contributed by atoms with Crippen molar-refractivity contribution in [2.75, 3.05) is 0 Å². The van der Waals surface area contributed by atoms with E-state index in [1.165, 1.54) is 30.3 Å². The Morgan fingerprint density at radius 3 is 2.71 bits per heavy atom.